The highest BCUT2D eigenvalue weighted by Gasteiger charge is 2.24. The molecule has 1 saturated heterocycles. The largest absolute Gasteiger partial charge is 0.497 e. The molecule has 1 fully saturated rings. The molecule has 3 aromatic rings. The molecule has 34 heavy (non-hydrogen) atoms. The third-order valence-corrected chi connectivity index (χ3v) is 6.66. The van der Waals surface area contributed by atoms with Crippen molar-refractivity contribution in [3.8, 4) is 16.9 Å². The molecule has 0 bridgehead atoms. The van der Waals surface area contributed by atoms with Crippen LogP contribution in [-0.4, -0.2) is 63.7 Å². The normalized spacial score (nSPS) is 14.0. The van der Waals surface area contributed by atoms with Gasteiger partial charge in [-0.15, -0.1) is 11.3 Å². The molecule has 0 radical (unpaired) electrons. The number of amides is 1. The van der Waals surface area contributed by atoms with Gasteiger partial charge in [-0.05, 0) is 42.0 Å². The van der Waals surface area contributed by atoms with Crippen LogP contribution in [0.3, 0.4) is 0 Å². The van der Waals surface area contributed by atoms with Crippen LogP contribution in [0.1, 0.15) is 10.4 Å². The Kier molecular flexibility index (Phi) is 7.44. The van der Waals surface area contributed by atoms with Crippen LogP contribution in [0, 0.1) is 5.82 Å². The summed E-state index contributed by atoms with van der Waals surface area (Å²) in [4.78, 5) is 29.6. The number of halogens is 1. The van der Waals surface area contributed by atoms with Crippen molar-refractivity contribution in [1.82, 2.24) is 4.90 Å². The van der Waals surface area contributed by atoms with Crippen molar-refractivity contribution in [2.24, 2.45) is 0 Å². The monoisotopic (exact) mass is 483 g/mol. The summed E-state index contributed by atoms with van der Waals surface area (Å²) in [7, 11) is 2.92. The average Bonchev–Trinajstić information content (AvgIpc) is 3.28. The Balaban J connectivity index is 1.40. The van der Waals surface area contributed by atoms with Crippen LogP contribution in [-0.2, 0) is 9.53 Å². The minimum atomic E-state index is -0.504. The summed E-state index contributed by atoms with van der Waals surface area (Å²) >= 11 is 1.29. The molecule has 2 heterocycles. The van der Waals surface area contributed by atoms with Crippen LogP contribution in [0.2, 0.25) is 0 Å². The highest BCUT2D eigenvalue weighted by Crippen LogP contribution is 2.36. The van der Waals surface area contributed by atoms with Crippen LogP contribution in [0.5, 0.6) is 5.75 Å². The Morgan fingerprint density at radius 1 is 1.00 bits per heavy atom. The number of nitrogens with one attached hydrogen (secondary N) is 1. The number of rotatable bonds is 7. The highest BCUT2D eigenvalue weighted by molar-refractivity contribution is 7.15. The Labute approximate surface area is 201 Å². The molecule has 4 rings (SSSR count). The number of ether oxygens (including phenoxy) is 2. The number of benzene rings is 2. The van der Waals surface area contributed by atoms with Crippen molar-refractivity contribution in [2.75, 3.05) is 57.2 Å². The average molecular weight is 484 g/mol. The Hall–Kier alpha value is -3.43. The first kappa shape index (κ1) is 23.7. The number of methoxy groups -OCH3 is 2. The summed E-state index contributed by atoms with van der Waals surface area (Å²) in [5, 5.41) is 5.20. The van der Waals surface area contributed by atoms with Gasteiger partial charge in [-0.3, -0.25) is 9.69 Å². The number of piperazine rings is 1. The van der Waals surface area contributed by atoms with Gasteiger partial charge in [-0.1, -0.05) is 12.1 Å². The maximum Gasteiger partial charge on any atom is 0.341 e. The SMILES string of the molecule is COC(=O)c1c(-c2ccc(OC)cc2)csc1NC(=O)CN1CCN(c2ccc(F)cc2)CC1. The lowest BCUT2D eigenvalue weighted by Gasteiger charge is -2.35. The van der Waals surface area contributed by atoms with E-state index in [1.807, 2.05) is 29.6 Å². The van der Waals surface area contributed by atoms with Crippen LogP contribution >= 0.6 is 11.3 Å². The molecule has 1 aliphatic heterocycles. The fourth-order valence-electron chi connectivity index (χ4n) is 3.92. The lowest BCUT2D eigenvalue weighted by molar-refractivity contribution is -0.117. The van der Waals surface area contributed by atoms with E-state index in [4.69, 9.17) is 9.47 Å². The lowest BCUT2D eigenvalue weighted by atomic mass is 10.0. The maximum atomic E-state index is 13.2. The Morgan fingerprint density at radius 2 is 1.68 bits per heavy atom. The van der Waals surface area contributed by atoms with E-state index in [1.54, 1.807) is 19.2 Å². The van der Waals surface area contributed by atoms with Gasteiger partial charge in [0.05, 0.1) is 20.8 Å². The number of hydrogen-bond acceptors (Lipinski definition) is 7. The quantitative estimate of drug-likeness (QED) is 0.510. The lowest BCUT2D eigenvalue weighted by Crippen LogP contribution is -2.48. The summed E-state index contributed by atoms with van der Waals surface area (Å²) in [6.07, 6.45) is 0. The molecule has 1 aromatic heterocycles. The first-order chi connectivity index (χ1) is 16.5. The maximum absolute atomic E-state index is 13.2. The molecular weight excluding hydrogens is 457 g/mol. The molecular formula is C25H26FN3O4S. The van der Waals surface area contributed by atoms with Crippen molar-refractivity contribution in [1.29, 1.82) is 0 Å². The van der Waals surface area contributed by atoms with Crippen molar-refractivity contribution in [3.63, 3.8) is 0 Å². The second-order valence-electron chi connectivity index (χ2n) is 7.86. The third kappa shape index (κ3) is 5.37. The molecule has 0 unspecified atom stereocenters. The molecule has 1 amide bonds. The molecule has 2 aromatic carbocycles. The summed E-state index contributed by atoms with van der Waals surface area (Å²) in [6.45, 7) is 3.11. The number of carbonyl (C=O) groups excluding carboxylic acids is 2. The number of thiophene rings is 1. The first-order valence-corrected chi connectivity index (χ1v) is 11.7. The Bertz CT molecular complexity index is 1140. The number of anilines is 2. The van der Waals surface area contributed by atoms with E-state index >= 15 is 0 Å². The summed E-state index contributed by atoms with van der Waals surface area (Å²) in [5.41, 5.74) is 2.84. The van der Waals surface area contributed by atoms with Crippen molar-refractivity contribution >= 4 is 33.9 Å². The van der Waals surface area contributed by atoms with Crippen molar-refractivity contribution in [2.45, 2.75) is 0 Å². The van der Waals surface area contributed by atoms with E-state index < -0.39 is 5.97 Å². The van der Waals surface area contributed by atoms with Gasteiger partial charge < -0.3 is 19.7 Å². The van der Waals surface area contributed by atoms with Gasteiger partial charge in [0.1, 0.15) is 22.1 Å². The highest BCUT2D eigenvalue weighted by atomic mass is 32.1. The van der Waals surface area contributed by atoms with Crippen LogP contribution in [0.4, 0.5) is 15.1 Å². The molecule has 178 valence electrons. The van der Waals surface area contributed by atoms with Crippen molar-refractivity contribution < 1.29 is 23.5 Å². The van der Waals surface area contributed by atoms with Gasteiger partial charge in [0.15, 0.2) is 0 Å². The molecule has 7 nitrogen and oxygen atoms in total. The van der Waals surface area contributed by atoms with Gasteiger partial charge in [0.25, 0.3) is 0 Å². The summed E-state index contributed by atoms with van der Waals surface area (Å²) in [6, 6.07) is 13.8. The van der Waals surface area contributed by atoms with Gasteiger partial charge in [-0.25, -0.2) is 9.18 Å². The number of carbonyl (C=O) groups is 2. The number of hydrogen-bond donors (Lipinski definition) is 1. The topological polar surface area (TPSA) is 71.1 Å². The molecule has 1 N–H and O–H groups in total. The molecule has 1 aliphatic rings. The van der Waals surface area contributed by atoms with Gasteiger partial charge in [0.2, 0.25) is 5.91 Å². The summed E-state index contributed by atoms with van der Waals surface area (Å²) < 4.78 is 23.4. The minimum Gasteiger partial charge on any atom is -0.497 e. The van der Waals surface area contributed by atoms with Crippen LogP contribution < -0.4 is 15.0 Å². The smallest absolute Gasteiger partial charge is 0.341 e. The van der Waals surface area contributed by atoms with Crippen molar-refractivity contribution in [3.05, 3.63) is 65.3 Å². The first-order valence-electron chi connectivity index (χ1n) is 10.9. The van der Waals surface area contributed by atoms with E-state index in [1.165, 1.54) is 30.6 Å². The molecule has 0 spiro atoms. The Morgan fingerprint density at radius 3 is 2.29 bits per heavy atom. The van der Waals surface area contributed by atoms with Gasteiger partial charge in [0, 0.05) is 42.8 Å². The van der Waals surface area contributed by atoms with Gasteiger partial charge in [-0.2, -0.15) is 0 Å². The van der Waals surface area contributed by atoms with Crippen LogP contribution in [0.25, 0.3) is 11.1 Å². The zero-order valence-corrected chi connectivity index (χ0v) is 19.9. The second kappa shape index (κ2) is 10.7. The van der Waals surface area contributed by atoms with E-state index in [0.29, 0.717) is 35.0 Å². The third-order valence-electron chi connectivity index (χ3n) is 5.77. The molecule has 9 heteroatoms. The summed E-state index contributed by atoms with van der Waals surface area (Å²) in [5.74, 6) is -0.237. The zero-order chi connectivity index (χ0) is 24.1. The number of esters is 1. The van der Waals surface area contributed by atoms with E-state index in [0.717, 1.165) is 24.3 Å². The zero-order valence-electron chi connectivity index (χ0n) is 19.0. The standard InChI is InChI=1S/C25H26FN3O4S/c1-32-20-9-3-17(4-10-20)21-16-34-24(23(21)25(31)33-2)27-22(30)15-28-11-13-29(14-12-28)19-7-5-18(26)6-8-19/h3-10,16H,11-15H2,1-2H3,(H,27,30). The van der Waals surface area contributed by atoms with Crippen LogP contribution in [0.15, 0.2) is 53.9 Å². The number of nitrogens with zero attached hydrogens (tertiary/aromatic N) is 2. The van der Waals surface area contributed by atoms with E-state index in [9.17, 15) is 14.0 Å². The predicted octanol–water partition coefficient (Wildman–Crippen LogP) is 4.11. The molecule has 0 saturated carbocycles. The minimum absolute atomic E-state index is 0.191. The second-order valence-corrected chi connectivity index (χ2v) is 8.74. The van der Waals surface area contributed by atoms with E-state index in [2.05, 4.69) is 15.1 Å². The fraction of sp³-hybridized carbons (Fsp3) is 0.280. The molecule has 0 atom stereocenters. The molecule has 0 aliphatic carbocycles. The van der Waals surface area contributed by atoms with Gasteiger partial charge >= 0.3 is 5.97 Å². The predicted molar refractivity (Wildman–Crippen MR) is 131 cm³/mol. The van der Waals surface area contributed by atoms with E-state index in [-0.39, 0.29) is 18.3 Å². The fourth-order valence-corrected chi connectivity index (χ4v) is 4.90.